The van der Waals surface area contributed by atoms with Gasteiger partial charge < -0.3 is 4.74 Å². The molecule has 4 aromatic rings. The number of unbranched alkanes of at least 4 members (excludes halogenated alkanes) is 3. The third-order valence-electron chi connectivity index (χ3n) is 6.02. The van der Waals surface area contributed by atoms with Crippen molar-refractivity contribution < 1.29 is 13.5 Å². The lowest BCUT2D eigenvalue weighted by molar-refractivity contribution is 0.386. The minimum Gasteiger partial charge on any atom is -0.494 e. The first-order valence-corrected chi connectivity index (χ1v) is 11.3. The molecule has 0 saturated heterocycles. The summed E-state index contributed by atoms with van der Waals surface area (Å²) in [5.41, 5.74) is 4.39. The summed E-state index contributed by atoms with van der Waals surface area (Å²) in [5.74, 6) is -0.707. The van der Waals surface area contributed by atoms with Gasteiger partial charge in [-0.1, -0.05) is 80.8 Å². The summed E-state index contributed by atoms with van der Waals surface area (Å²) in [7, 11) is 1.41. The van der Waals surface area contributed by atoms with Crippen LogP contribution in [-0.4, -0.2) is 7.11 Å². The molecule has 0 atom stereocenters. The van der Waals surface area contributed by atoms with Gasteiger partial charge in [0.1, 0.15) is 5.82 Å². The predicted molar refractivity (Wildman–Crippen MR) is 129 cm³/mol. The Morgan fingerprint density at radius 2 is 1.47 bits per heavy atom. The van der Waals surface area contributed by atoms with E-state index in [0.717, 1.165) is 22.9 Å². The quantitative estimate of drug-likeness (QED) is 0.254. The second kappa shape index (κ2) is 9.95. The molecule has 0 bridgehead atoms. The number of rotatable bonds is 8. The van der Waals surface area contributed by atoms with Gasteiger partial charge in [0.25, 0.3) is 0 Å². The highest BCUT2D eigenvalue weighted by atomic mass is 19.1. The van der Waals surface area contributed by atoms with Crippen LogP contribution < -0.4 is 4.74 Å². The SMILES string of the molecule is CCCCCCc1ccc(-c2ccc3c(F)c(-c4ccc(OC)c(F)c4)ccc3c2)cc1. The molecular formula is C29H28F2O. The van der Waals surface area contributed by atoms with Gasteiger partial charge in [0.15, 0.2) is 11.6 Å². The zero-order chi connectivity index (χ0) is 22.5. The van der Waals surface area contributed by atoms with Crippen LogP contribution in [0.2, 0.25) is 0 Å². The molecule has 0 amide bonds. The zero-order valence-corrected chi connectivity index (χ0v) is 18.6. The Balaban J connectivity index is 1.59. The summed E-state index contributed by atoms with van der Waals surface area (Å²) in [6.45, 7) is 2.23. The molecule has 3 heteroatoms. The normalized spacial score (nSPS) is 11.1. The fraction of sp³-hybridized carbons (Fsp3) is 0.241. The Bertz CT molecular complexity index is 1210. The lowest BCUT2D eigenvalue weighted by Crippen LogP contribution is -1.91. The Labute approximate surface area is 188 Å². The average Bonchev–Trinajstić information content (AvgIpc) is 2.82. The van der Waals surface area contributed by atoms with E-state index in [4.69, 9.17) is 4.74 Å². The second-order valence-electron chi connectivity index (χ2n) is 8.22. The van der Waals surface area contributed by atoms with Crippen LogP contribution in [0.5, 0.6) is 5.75 Å². The molecule has 0 N–H and O–H groups in total. The van der Waals surface area contributed by atoms with Gasteiger partial charge in [-0.2, -0.15) is 0 Å². The van der Waals surface area contributed by atoms with Crippen molar-refractivity contribution >= 4 is 10.8 Å². The van der Waals surface area contributed by atoms with Gasteiger partial charge in [-0.3, -0.25) is 0 Å². The molecule has 1 nitrogen and oxygen atoms in total. The third kappa shape index (κ3) is 4.67. The van der Waals surface area contributed by atoms with Crippen molar-refractivity contribution in [2.45, 2.75) is 39.0 Å². The van der Waals surface area contributed by atoms with Gasteiger partial charge in [0.05, 0.1) is 7.11 Å². The summed E-state index contributed by atoms with van der Waals surface area (Å²) in [6, 6.07) is 22.5. The number of methoxy groups -OCH3 is 1. The average molecular weight is 431 g/mol. The molecule has 4 aromatic carbocycles. The molecule has 4 rings (SSSR count). The van der Waals surface area contributed by atoms with Crippen LogP contribution in [0.1, 0.15) is 38.2 Å². The van der Waals surface area contributed by atoms with E-state index < -0.39 is 5.82 Å². The molecule has 164 valence electrons. The van der Waals surface area contributed by atoms with E-state index in [-0.39, 0.29) is 11.6 Å². The summed E-state index contributed by atoms with van der Waals surface area (Å²) in [6.07, 6.45) is 6.15. The molecule has 0 aliphatic carbocycles. The van der Waals surface area contributed by atoms with Crippen LogP contribution >= 0.6 is 0 Å². The molecule has 32 heavy (non-hydrogen) atoms. The van der Waals surface area contributed by atoms with Gasteiger partial charge >= 0.3 is 0 Å². The minimum atomic E-state index is -0.506. The summed E-state index contributed by atoms with van der Waals surface area (Å²) in [4.78, 5) is 0. The van der Waals surface area contributed by atoms with Gasteiger partial charge in [0, 0.05) is 10.9 Å². The molecule has 0 radical (unpaired) electrons. The van der Waals surface area contributed by atoms with Crippen molar-refractivity contribution in [1.29, 1.82) is 0 Å². The monoisotopic (exact) mass is 430 g/mol. The van der Waals surface area contributed by atoms with E-state index in [1.165, 1.54) is 50.5 Å². The maximum atomic E-state index is 15.3. The zero-order valence-electron chi connectivity index (χ0n) is 18.6. The number of hydrogen-bond donors (Lipinski definition) is 0. The van der Waals surface area contributed by atoms with Gasteiger partial charge in [-0.25, -0.2) is 8.78 Å². The van der Waals surface area contributed by atoms with E-state index in [9.17, 15) is 4.39 Å². The largest absolute Gasteiger partial charge is 0.494 e. The highest BCUT2D eigenvalue weighted by molar-refractivity contribution is 5.91. The van der Waals surface area contributed by atoms with E-state index in [1.807, 2.05) is 24.3 Å². The number of ether oxygens (including phenoxy) is 1. The molecular weight excluding hydrogens is 402 g/mol. The number of halogens is 2. The van der Waals surface area contributed by atoms with Gasteiger partial charge in [-0.15, -0.1) is 0 Å². The molecule has 0 saturated carbocycles. The topological polar surface area (TPSA) is 9.23 Å². The first-order chi connectivity index (χ1) is 15.6. The number of hydrogen-bond acceptors (Lipinski definition) is 1. The number of aryl methyl sites for hydroxylation is 1. The first-order valence-electron chi connectivity index (χ1n) is 11.3. The van der Waals surface area contributed by atoms with Crippen molar-refractivity contribution in [3.05, 3.63) is 90.0 Å². The van der Waals surface area contributed by atoms with Crippen LogP contribution in [0.3, 0.4) is 0 Å². The van der Waals surface area contributed by atoms with Crippen LogP contribution in [0.25, 0.3) is 33.0 Å². The molecule has 0 unspecified atom stereocenters. The van der Waals surface area contributed by atoms with Crippen LogP contribution in [0.4, 0.5) is 8.78 Å². The molecule has 0 fully saturated rings. The molecule has 0 aliphatic heterocycles. The molecule has 0 aliphatic rings. The minimum absolute atomic E-state index is 0.145. The lowest BCUT2D eigenvalue weighted by Gasteiger charge is -2.10. The van der Waals surface area contributed by atoms with Crippen LogP contribution in [-0.2, 0) is 6.42 Å². The smallest absolute Gasteiger partial charge is 0.165 e. The molecule has 0 heterocycles. The van der Waals surface area contributed by atoms with Crippen molar-refractivity contribution in [3.8, 4) is 28.0 Å². The molecule has 0 spiro atoms. The van der Waals surface area contributed by atoms with E-state index in [0.29, 0.717) is 16.5 Å². The molecule has 0 aromatic heterocycles. The highest BCUT2D eigenvalue weighted by Gasteiger charge is 2.13. The van der Waals surface area contributed by atoms with E-state index in [1.54, 1.807) is 12.1 Å². The second-order valence-corrected chi connectivity index (χ2v) is 8.22. The predicted octanol–water partition coefficient (Wildman–Crippen LogP) is 8.58. The Morgan fingerprint density at radius 3 is 2.19 bits per heavy atom. The summed E-state index contributed by atoms with van der Waals surface area (Å²) in [5, 5.41) is 1.34. The van der Waals surface area contributed by atoms with Crippen molar-refractivity contribution in [2.24, 2.45) is 0 Å². The third-order valence-corrected chi connectivity index (χ3v) is 6.02. The maximum Gasteiger partial charge on any atom is 0.165 e. The van der Waals surface area contributed by atoms with Gasteiger partial charge in [-0.05, 0) is 58.7 Å². The van der Waals surface area contributed by atoms with Crippen molar-refractivity contribution in [1.82, 2.24) is 0 Å². The van der Waals surface area contributed by atoms with Crippen LogP contribution in [0, 0.1) is 11.6 Å². The van der Waals surface area contributed by atoms with E-state index >= 15 is 4.39 Å². The Hall–Kier alpha value is -3.20. The van der Waals surface area contributed by atoms with E-state index in [2.05, 4.69) is 31.2 Å². The highest BCUT2D eigenvalue weighted by Crippen LogP contribution is 2.33. The number of benzene rings is 4. The Morgan fingerprint density at radius 1 is 0.719 bits per heavy atom. The van der Waals surface area contributed by atoms with Crippen molar-refractivity contribution in [3.63, 3.8) is 0 Å². The fourth-order valence-electron chi connectivity index (χ4n) is 4.15. The Kier molecular flexibility index (Phi) is 6.84. The number of fused-ring (bicyclic) bond motifs is 1. The summed E-state index contributed by atoms with van der Waals surface area (Å²) < 4.78 is 34.3. The maximum absolute atomic E-state index is 15.3. The van der Waals surface area contributed by atoms with Gasteiger partial charge in [0.2, 0.25) is 0 Å². The first kappa shape index (κ1) is 22.0. The lowest BCUT2D eigenvalue weighted by atomic mass is 9.96. The summed E-state index contributed by atoms with van der Waals surface area (Å²) >= 11 is 0. The fourth-order valence-corrected chi connectivity index (χ4v) is 4.15. The van der Waals surface area contributed by atoms with Crippen LogP contribution in [0.15, 0.2) is 72.8 Å². The van der Waals surface area contributed by atoms with Crippen molar-refractivity contribution in [2.75, 3.05) is 7.11 Å². The standard InChI is InChI=1S/C29H28F2O/c1-3-4-5-6-7-20-8-10-21(11-9-20)22-12-15-25-23(18-22)13-16-26(29(25)31)24-14-17-28(32-2)27(30)19-24/h8-19H,3-7H2,1-2H3.